The minimum atomic E-state index is -0.385. The van der Waals surface area contributed by atoms with Crippen molar-refractivity contribution < 1.29 is 14.0 Å². The monoisotopic (exact) mass is 475 g/mol. The number of benzene rings is 3. The molecule has 0 aliphatic carbocycles. The highest BCUT2D eigenvalue weighted by Crippen LogP contribution is 2.30. The molecule has 0 spiro atoms. The summed E-state index contributed by atoms with van der Waals surface area (Å²) in [6.45, 7) is 6.31. The van der Waals surface area contributed by atoms with Crippen LogP contribution in [-0.4, -0.2) is 30.8 Å². The van der Waals surface area contributed by atoms with Gasteiger partial charge in [0.1, 0.15) is 5.82 Å². The number of rotatable bonds is 9. The maximum absolute atomic E-state index is 13.7. The molecule has 0 bridgehead atoms. The van der Waals surface area contributed by atoms with E-state index < -0.39 is 0 Å². The molecule has 1 N–H and O–H groups in total. The lowest BCUT2D eigenvalue weighted by Crippen LogP contribution is -2.33. The third-order valence-electron chi connectivity index (χ3n) is 5.88. The molecule has 3 aromatic carbocycles. The Morgan fingerprint density at radius 1 is 0.914 bits per heavy atom. The van der Waals surface area contributed by atoms with Crippen molar-refractivity contribution in [1.29, 1.82) is 0 Å². The van der Waals surface area contributed by atoms with E-state index in [-0.39, 0.29) is 29.6 Å². The quantitative estimate of drug-likeness (QED) is 0.396. The number of hydrogen-bond acceptors (Lipinski definition) is 3. The predicted molar refractivity (Wildman–Crippen MR) is 140 cm³/mol. The molecule has 2 amide bonds. The zero-order chi connectivity index (χ0) is 25.5. The number of halogens is 1. The third kappa shape index (κ3) is 6.92. The molecule has 0 aromatic heterocycles. The van der Waals surface area contributed by atoms with E-state index in [4.69, 9.17) is 0 Å². The standard InChI is InChI=1S/C29H34FN3O2/c1-20(2)17-28(34)31-26-15-16-27(32(4)5)24(18-26)19-33(21(3)22-9-7-6-8-10-22)29(35)23-11-13-25(30)14-12-23/h6-16,18,20-21H,17,19H2,1-5H3,(H,31,34)/t21-/m0/s1. The number of hydrogen-bond donors (Lipinski definition) is 1. The molecule has 0 saturated heterocycles. The van der Waals surface area contributed by atoms with Crippen molar-refractivity contribution in [2.24, 2.45) is 5.92 Å². The summed E-state index contributed by atoms with van der Waals surface area (Å²) in [5.41, 5.74) is 3.95. The van der Waals surface area contributed by atoms with Crippen LogP contribution in [0.2, 0.25) is 0 Å². The second-order valence-electron chi connectivity index (χ2n) is 9.41. The van der Waals surface area contributed by atoms with E-state index in [0.29, 0.717) is 24.2 Å². The molecule has 184 valence electrons. The molecule has 0 fully saturated rings. The van der Waals surface area contributed by atoms with Crippen molar-refractivity contribution in [3.8, 4) is 0 Å². The van der Waals surface area contributed by atoms with Crippen LogP contribution in [0.15, 0.2) is 72.8 Å². The summed E-state index contributed by atoms with van der Waals surface area (Å²) in [6, 6.07) is 21.0. The number of amides is 2. The summed E-state index contributed by atoms with van der Waals surface area (Å²) >= 11 is 0. The van der Waals surface area contributed by atoms with E-state index in [1.165, 1.54) is 24.3 Å². The second kappa shape index (κ2) is 11.6. The summed E-state index contributed by atoms with van der Waals surface area (Å²) in [5, 5.41) is 2.98. The predicted octanol–water partition coefficient (Wildman–Crippen LogP) is 6.28. The fourth-order valence-electron chi connectivity index (χ4n) is 4.05. The summed E-state index contributed by atoms with van der Waals surface area (Å²) in [5.74, 6) is -0.365. The van der Waals surface area contributed by atoms with E-state index in [1.807, 2.05) is 88.3 Å². The van der Waals surface area contributed by atoms with Gasteiger partial charge < -0.3 is 15.1 Å². The Morgan fingerprint density at radius 2 is 1.57 bits per heavy atom. The zero-order valence-corrected chi connectivity index (χ0v) is 21.1. The second-order valence-corrected chi connectivity index (χ2v) is 9.41. The minimum Gasteiger partial charge on any atom is -0.377 e. The van der Waals surface area contributed by atoms with Crippen LogP contribution in [0.1, 0.15) is 54.7 Å². The van der Waals surface area contributed by atoms with Crippen LogP contribution in [0.5, 0.6) is 0 Å². The van der Waals surface area contributed by atoms with Gasteiger partial charge in [-0.15, -0.1) is 0 Å². The maximum atomic E-state index is 13.7. The van der Waals surface area contributed by atoms with Crippen molar-refractivity contribution in [1.82, 2.24) is 4.90 Å². The number of nitrogens with one attached hydrogen (secondary N) is 1. The van der Waals surface area contributed by atoms with Crippen LogP contribution in [0.25, 0.3) is 0 Å². The van der Waals surface area contributed by atoms with Gasteiger partial charge in [0.25, 0.3) is 5.91 Å². The third-order valence-corrected chi connectivity index (χ3v) is 5.88. The summed E-state index contributed by atoms with van der Waals surface area (Å²) in [6.07, 6.45) is 0.436. The molecule has 3 aromatic rings. The molecule has 35 heavy (non-hydrogen) atoms. The Balaban J connectivity index is 2.00. The zero-order valence-electron chi connectivity index (χ0n) is 21.1. The van der Waals surface area contributed by atoms with Crippen LogP contribution >= 0.6 is 0 Å². The average molecular weight is 476 g/mol. The average Bonchev–Trinajstić information content (AvgIpc) is 2.82. The van der Waals surface area contributed by atoms with Gasteiger partial charge in [-0.2, -0.15) is 0 Å². The number of anilines is 2. The van der Waals surface area contributed by atoms with Gasteiger partial charge in [-0.1, -0.05) is 44.2 Å². The lowest BCUT2D eigenvalue weighted by Gasteiger charge is -2.32. The van der Waals surface area contributed by atoms with E-state index in [0.717, 1.165) is 16.8 Å². The van der Waals surface area contributed by atoms with Crippen molar-refractivity contribution >= 4 is 23.2 Å². The van der Waals surface area contributed by atoms with Gasteiger partial charge >= 0.3 is 0 Å². The molecule has 5 nitrogen and oxygen atoms in total. The first-order chi connectivity index (χ1) is 16.7. The molecule has 0 heterocycles. The molecule has 3 rings (SSSR count). The number of carbonyl (C=O) groups excluding carboxylic acids is 2. The minimum absolute atomic E-state index is 0.0412. The highest BCUT2D eigenvalue weighted by Gasteiger charge is 2.25. The fourth-order valence-corrected chi connectivity index (χ4v) is 4.05. The van der Waals surface area contributed by atoms with Crippen LogP contribution in [-0.2, 0) is 11.3 Å². The van der Waals surface area contributed by atoms with Crippen molar-refractivity contribution in [2.45, 2.75) is 39.8 Å². The molecule has 0 aliphatic rings. The van der Waals surface area contributed by atoms with Crippen LogP contribution in [0, 0.1) is 11.7 Å². The lowest BCUT2D eigenvalue weighted by atomic mass is 10.0. The Bertz CT molecular complexity index is 1140. The van der Waals surface area contributed by atoms with E-state index in [1.54, 1.807) is 4.90 Å². The Kier molecular flexibility index (Phi) is 8.63. The van der Waals surface area contributed by atoms with Gasteiger partial charge in [-0.05, 0) is 66.4 Å². The molecular weight excluding hydrogens is 441 g/mol. The summed E-state index contributed by atoms with van der Waals surface area (Å²) in [4.78, 5) is 29.8. The van der Waals surface area contributed by atoms with E-state index >= 15 is 0 Å². The van der Waals surface area contributed by atoms with Gasteiger partial charge in [0, 0.05) is 44.0 Å². The topological polar surface area (TPSA) is 52.7 Å². The largest absolute Gasteiger partial charge is 0.377 e. The molecule has 6 heteroatoms. The van der Waals surface area contributed by atoms with Crippen LogP contribution < -0.4 is 10.2 Å². The van der Waals surface area contributed by atoms with Crippen LogP contribution in [0.3, 0.4) is 0 Å². The Morgan fingerprint density at radius 3 is 2.17 bits per heavy atom. The highest BCUT2D eigenvalue weighted by atomic mass is 19.1. The van der Waals surface area contributed by atoms with Crippen molar-refractivity contribution in [2.75, 3.05) is 24.3 Å². The first kappa shape index (κ1) is 25.9. The molecule has 0 saturated carbocycles. The fraction of sp³-hybridized carbons (Fsp3) is 0.310. The molecule has 0 aliphatic heterocycles. The van der Waals surface area contributed by atoms with Crippen molar-refractivity contribution in [3.63, 3.8) is 0 Å². The summed E-state index contributed by atoms with van der Waals surface area (Å²) in [7, 11) is 3.89. The van der Waals surface area contributed by atoms with Gasteiger partial charge in [0.05, 0.1) is 6.04 Å². The Hall–Kier alpha value is -3.67. The molecule has 0 unspecified atom stereocenters. The lowest BCUT2D eigenvalue weighted by molar-refractivity contribution is -0.116. The number of carbonyl (C=O) groups is 2. The SMILES string of the molecule is CC(C)CC(=O)Nc1ccc(N(C)C)c(CN(C(=O)c2ccc(F)cc2)[C@@H](C)c2ccccc2)c1. The maximum Gasteiger partial charge on any atom is 0.254 e. The number of nitrogens with zero attached hydrogens (tertiary/aromatic N) is 2. The van der Waals surface area contributed by atoms with Gasteiger partial charge in [0.15, 0.2) is 0 Å². The van der Waals surface area contributed by atoms with Crippen molar-refractivity contribution in [3.05, 3.63) is 95.3 Å². The molecule has 1 atom stereocenters. The van der Waals surface area contributed by atoms with Gasteiger partial charge in [0.2, 0.25) is 5.91 Å². The smallest absolute Gasteiger partial charge is 0.254 e. The summed E-state index contributed by atoms with van der Waals surface area (Å²) < 4.78 is 13.5. The molecule has 0 radical (unpaired) electrons. The van der Waals surface area contributed by atoms with E-state index in [9.17, 15) is 14.0 Å². The van der Waals surface area contributed by atoms with Gasteiger partial charge in [-0.25, -0.2) is 4.39 Å². The van der Waals surface area contributed by atoms with E-state index in [2.05, 4.69) is 5.32 Å². The Labute approximate surface area is 207 Å². The highest BCUT2D eigenvalue weighted by molar-refractivity contribution is 5.95. The molecular formula is C29H34FN3O2. The van der Waals surface area contributed by atoms with Crippen LogP contribution in [0.4, 0.5) is 15.8 Å². The van der Waals surface area contributed by atoms with Gasteiger partial charge in [-0.3, -0.25) is 9.59 Å². The normalized spacial score (nSPS) is 11.7. The first-order valence-electron chi connectivity index (χ1n) is 11.9. The first-order valence-corrected chi connectivity index (χ1v) is 11.9.